The minimum atomic E-state index is -0.150. The van der Waals surface area contributed by atoms with Crippen molar-refractivity contribution < 1.29 is 4.79 Å². The third kappa shape index (κ3) is 2.95. The van der Waals surface area contributed by atoms with Crippen LogP contribution in [0.1, 0.15) is 25.3 Å². The number of nitrogens with zero attached hydrogens (tertiary/aromatic N) is 1. The van der Waals surface area contributed by atoms with Gasteiger partial charge in [-0.1, -0.05) is 37.3 Å². The lowest BCUT2D eigenvalue weighted by Gasteiger charge is -2.37. The number of carbonyl (C=O) groups excluding carboxylic acids is 1. The Hall–Kier alpha value is -1.15. The zero-order chi connectivity index (χ0) is 12.3. The lowest BCUT2D eigenvalue weighted by Crippen LogP contribution is -2.46. The summed E-state index contributed by atoms with van der Waals surface area (Å²) in [5.41, 5.74) is 1.18. The zero-order valence-electron chi connectivity index (χ0n) is 10.8. The number of ketones is 1. The van der Waals surface area contributed by atoms with Crippen molar-refractivity contribution in [2.24, 2.45) is 5.41 Å². The molecule has 0 N–H and O–H groups in total. The molecule has 0 radical (unpaired) electrons. The standard InChI is InChI=1S/C15H21NO/c1-15(12-16(2)11-9-14(15)17)10-8-13-6-4-3-5-7-13/h3-7H,8-12H2,1-2H3. The monoisotopic (exact) mass is 231 g/mol. The summed E-state index contributed by atoms with van der Waals surface area (Å²) in [7, 11) is 2.10. The summed E-state index contributed by atoms with van der Waals surface area (Å²) in [5.74, 6) is 0.437. The molecule has 1 fully saturated rings. The predicted molar refractivity (Wildman–Crippen MR) is 70.0 cm³/mol. The molecule has 2 nitrogen and oxygen atoms in total. The maximum atomic E-state index is 12.1. The summed E-state index contributed by atoms with van der Waals surface area (Å²) < 4.78 is 0. The van der Waals surface area contributed by atoms with Gasteiger partial charge in [-0.2, -0.15) is 0 Å². The Morgan fingerprint density at radius 2 is 2.00 bits per heavy atom. The zero-order valence-corrected chi connectivity index (χ0v) is 10.8. The molecule has 1 unspecified atom stereocenters. The number of likely N-dealkylation sites (tertiary alicyclic amines) is 1. The summed E-state index contributed by atoms with van der Waals surface area (Å²) in [4.78, 5) is 14.3. The Balaban J connectivity index is 1.99. The van der Waals surface area contributed by atoms with Gasteiger partial charge in [-0.15, -0.1) is 0 Å². The molecular weight excluding hydrogens is 210 g/mol. The molecule has 1 saturated heterocycles. The van der Waals surface area contributed by atoms with Crippen LogP contribution < -0.4 is 0 Å². The molecule has 1 heterocycles. The van der Waals surface area contributed by atoms with Gasteiger partial charge >= 0.3 is 0 Å². The molecule has 2 rings (SSSR count). The van der Waals surface area contributed by atoms with E-state index in [0.29, 0.717) is 12.2 Å². The number of benzene rings is 1. The van der Waals surface area contributed by atoms with E-state index in [1.165, 1.54) is 5.56 Å². The highest BCUT2D eigenvalue weighted by molar-refractivity contribution is 5.85. The quantitative estimate of drug-likeness (QED) is 0.796. The van der Waals surface area contributed by atoms with Gasteiger partial charge < -0.3 is 4.90 Å². The predicted octanol–water partition coefficient (Wildman–Crippen LogP) is 2.53. The fourth-order valence-corrected chi connectivity index (χ4v) is 2.64. The van der Waals surface area contributed by atoms with Crippen molar-refractivity contribution in [2.75, 3.05) is 20.1 Å². The van der Waals surface area contributed by atoms with E-state index < -0.39 is 0 Å². The van der Waals surface area contributed by atoms with Gasteiger partial charge in [-0.25, -0.2) is 0 Å². The molecule has 0 bridgehead atoms. The van der Waals surface area contributed by atoms with E-state index in [-0.39, 0.29) is 5.41 Å². The van der Waals surface area contributed by atoms with Crippen LogP contribution >= 0.6 is 0 Å². The van der Waals surface area contributed by atoms with Crippen molar-refractivity contribution in [1.29, 1.82) is 0 Å². The summed E-state index contributed by atoms with van der Waals surface area (Å²) in [6.07, 6.45) is 2.67. The van der Waals surface area contributed by atoms with Crippen LogP contribution in [-0.2, 0) is 11.2 Å². The molecule has 0 aromatic heterocycles. The molecular formula is C15H21NO. The summed E-state index contributed by atoms with van der Waals surface area (Å²) in [6.45, 7) is 3.94. The maximum Gasteiger partial charge on any atom is 0.141 e. The van der Waals surface area contributed by atoms with E-state index >= 15 is 0 Å². The minimum absolute atomic E-state index is 0.150. The Bertz CT molecular complexity index is 387. The van der Waals surface area contributed by atoms with Gasteiger partial charge in [0.2, 0.25) is 0 Å². The molecule has 17 heavy (non-hydrogen) atoms. The van der Waals surface area contributed by atoms with Crippen LogP contribution in [0.3, 0.4) is 0 Å². The van der Waals surface area contributed by atoms with Crippen LogP contribution in [-0.4, -0.2) is 30.8 Å². The van der Waals surface area contributed by atoms with Crippen LogP contribution in [0.5, 0.6) is 0 Å². The molecule has 0 spiro atoms. The van der Waals surface area contributed by atoms with Crippen LogP contribution in [0.2, 0.25) is 0 Å². The van der Waals surface area contributed by atoms with E-state index in [0.717, 1.165) is 25.9 Å². The second-order valence-corrected chi connectivity index (χ2v) is 5.46. The lowest BCUT2D eigenvalue weighted by molar-refractivity contribution is -0.132. The van der Waals surface area contributed by atoms with Crippen LogP contribution in [0.4, 0.5) is 0 Å². The largest absolute Gasteiger partial charge is 0.305 e. The number of hydrogen-bond acceptors (Lipinski definition) is 2. The van der Waals surface area contributed by atoms with Crippen molar-refractivity contribution in [2.45, 2.75) is 26.2 Å². The first-order valence-corrected chi connectivity index (χ1v) is 6.36. The van der Waals surface area contributed by atoms with Gasteiger partial charge in [0.1, 0.15) is 5.78 Å². The second-order valence-electron chi connectivity index (χ2n) is 5.46. The number of Topliss-reactive ketones (excluding diaryl/α,β-unsaturated/α-hetero) is 1. The minimum Gasteiger partial charge on any atom is -0.305 e. The Morgan fingerprint density at radius 1 is 1.29 bits per heavy atom. The van der Waals surface area contributed by atoms with E-state index in [2.05, 4.69) is 43.1 Å². The van der Waals surface area contributed by atoms with Gasteiger partial charge in [0.25, 0.3) is 0 Å². The fourth-order valence-electron chi connectivity index (χ4n) is 2.64. The van der Waals surface area contributed by atoms with Crippen molar-refractivity contribution >= 4 is 5.78 Å². The van der Waals surface area contributed by atoms with Crippen molar-refractivity contribution in [1.82, 2.24) is 4.90 Å². The van der Waals surface area contributed by atoms with Gasteiger partial charge in [-0.3, -0.25) is 4.79 Å². The van der Waals surface area contributed by atoms with Crippen molar-refractivity contribution in [3.05, 3.63) is 35.9 Å². The molecule has 0 saturated carbocycles. The highest BCUT2D eigenvalue weighted by Gasteiger charge is 2.36. The summed E-state index contributed by atoms with van der Waals surface area (Å²) in [6, 6.07) is 10.4. The first-order chi connectivity index (χ1) is 8.10. The van der Waals surface area contributed by atoms with Gasteiger partial charge in [0.15, 0.2) is 0 Å². The molecule has 2 heteroatoms. The highest BCUT2D eigenvalue weighted by Crippen LogP contribution is 2.30. The molecule has 1 aliphatic heterocycles. The lowest BCUT2D eigenvalue weighted by atomic mass is 9.76. The average Bonchev–Trinajstić information content (AvgIpc) is 2.33. The molecule has 92 valence electrons. The topological polar surface area (TPSA) is 20.3 Å². The summed E-state index contributed by atoms with van der Waals surface area (Å²) >= 11 is 0. The molecule has 1 atom stereocenters. The van der Waals surface area contributed by atoms with Crippen LogP contribution in [0, 0.1) is 5.41 Å². The Morgan fingerprint density at radius 3 is 2.71 bits per heavy atom. The second kappa shape index (κ2) is 5.01. The van der Waals surface area contributed by atoms with E-state index in [9.17, 15) is 4.79 Å². The number of piperidine rings is 1. The molecule has 1 aromatic rings. The Kier molecular flexibility index (Phi) is 3.63. The molecule has 0 amide bonds. The molecule has 1 aromatic carbocycles. The normalized spacial score (nSPS) is 26.1. The SMILES string of the molecule is CN1CCC(=O)C(C)(CCc2ccccc2)C1. The van der Waals surface area contributed by atoms with Crippen molar-refractivity contribution in [3.63, 3.8) is 0 Å². The molecule has 0 aliphatic carbocycles. The third-order valence-electron chi connectivity index (χ3n) is 3.82. The van der Waals surface area contributed by atoms with Crippen LogP contribution in [0.15, 0.2) is 30.3 Å². The number of hydrogen-bond donors (Lipinski definition) is 0. The smallest absolute Gasteiger partial charge is 0.141 e. The van der Waals surface area contributed by atoms with Gasteiger partial charge in [-0.05, 0) is 25.5 Å². The average molecular weight is 231 g/mol. The number of carbonyl (C=O) groups is 1. The first kappa shape index (κ1) is 12.3. The van der Waals surface area contributed by atoms with Crippen molar-refractivity contribution in [3.8, 4) is 0 Å². The van der Waals surface area contributed by atoms with Gasteiger partial charge in [0, 0.05) is 24.9 Å². The fraction of sp³-hybridized carbons (Fsp3) is 0.533. The van der Waals surface area contributed by atoms with E-state index in [1.54, 1.807) is 0 Å². The summed E-state index contributed by atoms with van der Waals surface area (Å²) in [5, 5.41) is 0. The van der Waals surface area contributed by atoms with Gasteiger partial charge in [0.05, 0.1) is 0 Å². The third-order valence-corrected chi connectivity index (χ3v) is 3.82. The highest BCUT2D eigenvalue weighted by atomic mass is 16.1. The number of aryl methyl sites for hydroxylation is 1. The van der Waals surface area contributed by atoms with E-state index in [1.807, 2.05) is 6.07 Å². The first-order valence-electron chi connectivity index (χ1n) is 6.36. The Labute approximate surface area is 104 Å². The van der Waals surface area contributed by atoms with E-state index in [4.69, 9.17) is 0 Å². The van der Waals surface area contributed by atoms with Crippen LogP contribution in [0.25, 0.3) is 0 Å². The maximum absolute atomic E-state index is 12.1. The number of rotatable bonds is 3. The molecule has 1 aliphatic rings.